The summed E-state index contributed by atoms with van der Waals surface area (Å²) in [6.45, 7) is 0.481. The Bertz CT molecular complexity index is 1580. The molecule has 0 aliphatic carbocycles. The first kappa shape index (κ1) is 22.0. The van der Waals surface area contributed by atoms with Crippen LogP contribution in [0.3, 0.4) is 0 Å². The lowest BCUT2D eigenvalue weighted by Gasteiger charge is -2.11. The van der Waals surface area contributed by atoms with Crippen LogP contribution in [0.5, 0.6) is 0 Å². The SMILES string of the molecule is NC(=O)c1ccc(Cn2c3cc(-c4c(Cl)cccc4Cl)c[c]c3c3c(C(N)=O)cccc32)cc1. The van der Waals surface area contributed by atoms with Gasteiger partial charge in [-0.2, -0.15) is 0 Å². The van der Waals surface area contributed by atoms with Gasteiger partial charge in [-0.3, -0.25) is 9.59 Å². The van der Waals surface area contributed by atoms with Gasteiger partial charge >= 0.3 is 0 Å². The van der Waals surface area contributed by atoms with Gasteiger partial charge in [0.1, 0.15) is 0 Å². The number of carbonyl (C=O) groups is 2. The summed E-state index contributed by atoms with van der Waals surface area (Å²) < 4.78 is 2.08. The minimum Gasteiger partial charge on any atom is -0.366 e. The van der Waals surface area contributed by atoms with Crippen molar-refractivity contribution < 1.29 is 9.59 Å². The Morgan fingerprint density at radius 3 is 2.18 bits per heavy atom. The summed E-state index contributed by atoms with van der Waals surface area (Å²) in [5, 5.41) is 2.56. The predicted molar refractivity (Wildman–Crippen MR) is 136 cm³/mol. The van der Waals surface area contributed by atoms with E-state index in [1.165, 1.54) is 0 Å². The fourth-order valence-corrected chi connectivity index (χ4v) is 4.92. The smallest absolute Gasteiger partial charge is 0.249 e. The van der Waals surface area contributed by atoms with E-state index in [0.717, 1.165) is 32.9 Å². The van der Waals surface area contributed by atoms with Crippen molar-refractivity contribution in [3.8, 4) is 11.1 Å². The lowest BCUT2D eigenvalue weighted by Crippen LogP contribution is -2.11. The molecule has 0 aliphatic rings. The fraction of sp³-hybridized carbons (Fsp3) is 0.0370. The average Bonchev–Trinajstić information content (AvgIpc) is 3.12. The average molecular weight is 487 g/mol. The van der Waals surface area contributed by atoms with Crippen LogP contribution in [0.25, 0.3) is 32.9 Å². The molecule has 0 unspecified atom stereocenters. The number of primary amides is 2. The summed E-state index contributed by atoms with van der Waals surface area (Å²) in [6, 6.07) is 25.1. The van der Waals surface area contributed by atoms with Crippen LogP contribution < -0.4 is 11.5 Å². The number of benzene rings is 4. The van der Waals surface area contributed by atoms with Gasteiger partial charge in [0, 0.05) is 44.1 Å². The molecule has 5 nitrogen and oxygen atoms in total. The monoisotopic (exact) mass is 486 g/mol. The number of hydrogen-bond donors (Lipinski definition) is 2. The zero-order valence-electron chi connectivity index (χ0n) is 17.8. The van der Waals surface area contributed by atoms with E-state index < -0.39 is 11.8 Å². The Morgan fingerprint density at radius 2 is 1.53 bits per heavy atom. The summed E-state index contributed by atoms with van der Waals surface area (Å²) in [4.78, 5) is 23.7. The molecule has 7 heteroatoms. The van der Waals surface area contributed by atoms with E-state index in [4.69, 9.17) is 34.7 Å². The maximum Gasteiger partial charge on any atom is 0.249 e. The van der Waals surface area contributed by atoms with Crippen molar-refractivity contribution in [1.82, 2.24) is 4.57 Å². The Morgan fingerprint density at radius 1 is 0.853 bits per heavy atom. The van der Waals surface area contributed by atoms with Gasteiger partial charge in [-0.1, -0.05) is 47.5 Å². The molecule has 1 radical (unpaired) electrons. The van der Waals surface area contributed by atoms with Crippen molar-refractivity contribution in [2.75, 3.05) is 0 Å². The van der Waals surface area contributed by atoms with Crippen molar-refractivity contribution in [3.63, 3.8) is 0 Å². The third kappa shape index (κ3) is 3.69. The molecule has 0 spiro atoms. The van der Waals surface area contributed by atoms with E-state index >= 15 is 0 Å². The second-order valence-corrected chi connectivity index (χ2v) is 8.77. The van der Waals surface area contributed by atoms with Gasteiger partial charge < -0.3 is 16.0 Å². The number of amides is 2. The normalized spacial score (nSPS) is 11.2. The molecule has 5 rings (SSSR count). The Balaban J connectivity index is 1.78. The fourth-order valence-electron chi connectivity index (χ4n) is 4.31. The van der Waals surface area contributed by atoms with Crippen LogP contribution in [-0.4, -0.2) is 16.4 Å². The van der Waals surface area contributed by atoms with Gasteiger partial charge in [0.2, 0.25) is 11.8 Å². The van der Waals surface area contributed by atoms with Gasteiger partial charge in [0.25, 0.3) is 0 Å². The van der Waals surface area contributed by atoms with Gasteiger partial charge in [0.05, 0.1) is 11.0 Å². The van der Waals surface area contributed by atoms with E-state index in [1.54, 1.807) is 42.5 Å². The van der Waals surface area contributed by atoms with Crippen molar-refractivity contribution in [3.05, 3.63) is 106 Å². The molecule has 5 aromatic rings. The third-order valence-corrected chi connectivity index (χ3v) is 6.52. The first-order chi connectivity index (χ1) is 16.3. The number of carbonyl (C=O) groups excluding carboxylic acids is 2. The van der Waals surface area contributed by atoms with Crippen molar-refractivity contribution >= 4 is 56.8 Å². The molecule has 0 saturated carbocycles. The second-order valence-electron chi connectivity index (χ2n) is 7.96. The lowest BCUT2D eigenvalue weighted by atomic mass is 10.0. The molecule has 4 N–H and O–H groups in total. The van der Waals surface area contributed by atoms with Crippen LogP contribution in [0.15, 0.2) is 72.8 Å². The van der Waals surface area contributed by atoms with E-state index in [9.17, 15) is 9.59 Å². The van der Waals surface area contributed by atoms with Crippen molar-refractivity contribution in [2.45, 2.75) is 6.54 Å². The summed E-state index contributed by atoms with van der Waals surface area (Å²) >= 11 is 12.9. The molecule has 0 bridgehead atoms. The first-order valence-corrected chi connectivity index (χ1v) is 11.2. The maximum absolute atomic E-state index is 12.2. The Labute approximate surface area is 205 Å². The molecule has 167 valence electrons. The molecular formula is C27H18Cl2N3O2. The van der Waals surface area contributed by atoms with E-state index in [-0.39, 0.29) is 0 Å². The predicted octanol–water partition coefficient (Wildman–Crippen LogP) is 5.81. The molecule has 0 fully saturated rings. The highest BCUT2D eigenvalue weighted by Crippen LogP contribution is 2.39. The van der Waals surface area contributed by atoms with Gasteiger partial charge in [0.15, 0.2) is 0 Å². The van der Waals surface area contributed by atoms with E-state index in [0.29, 0.717) is 33.3 Å². The molecule has 2 amide bonds. The summed E-state index contributed by atoms with van der Waals surface area (Å²) in [5.74, 6) is -0.993. The maximum atomic E-state index is 12.2. The highest BCUT2D eigenvalue weighted by Gasteiger charge is 2.19. The van der Waals surface area contributed by atoms with Crippen LogP contribution in [0, 0.1) is 6.07 Å². The number of aromatic nitrogens is 1. The number of hydrogen-bond acceptors (Lipinski definition) is 2. The Hall–Kier alpha value is -3.80. The van der Waals surface area contributed by atoms with Crippen LogP contribution >= 0.6 is 23.2 Å². The number of rotatable bonds is 5. The standard InChI is InChI=1S/C27H18Cl2N3O2/c28-20-4-2-5-21(29)24(20)17-11-12-18-23(13-17)32(14-15-7-9-16(10-8-15)26(30)33)22-6-1-3-19(25(18)22)27(31)34/h1-11,13H,14H2,(H2,30,33)(H2,31,34). The highest BCUT2D eigenvalue weighted by atomic mass is 35.5. The Kier molecular flexibility index (Phi) is 5.52. The van der Waals surface area contributed by atoms with Crippen LogP contribution in [0.2, 0.25) is 10.0 Å². The van der Waals surface area contributed by atoms with Gasteiger partial charge in [-0.15, -0.1) is 0 Å². The van der Waals surface area contributed by atoms with Crippen LogP contribution in [-0.2, 0) is 6.54 Å². The largest absolute Gasteiger partial charge is 0.366 e. The zero-order chi connectivity index (χ0) is 24.0. The molecule has 1 heterocycles. The minimum absolute atomic E-state index is 0.421. The van der Waals surface area contributed by atoms with Crippen LogP contribution in [0.1, 0.15) is 26.3 Å². The molecule has 0 aliphatic heterocycles. The topological polar surface area (TPSA) is 91.1 Å². The van der Waals surface area contributed by atoms with Crippen molar-refractivity contribution in [2.24, 2.45) is 11.5 Å². The summed E-state index contributed by atoms with van der Waals surface area (Å²) in [7, 11) is 0. The van der Waals surface area contributed by atoms with E-state index in [2.05, 4.69) is 10.6 Å². The highest BCUT2D eigenvalue weighted by molar-refractivity contribution is 6.39. The molecule has 0 atom stereocenters. The molecule has 1 aromatic heterocycles. The number of fused-ring (bicyclic) bond motifs is 3. The molecular weight excluding hydrogens is 469 g/mol. The summed E-state index contributed by atoms with van der Waals surface area (Å²) in [5.41, 5.74) is 16.1. The molecule has 0 saturated heterocycles. The minimum atomic E-state index is -0.512. The zero-order valence-corrected chi connectivity index (χ0v) is 19.3. The third-order valence-electron chi connectivity index (χ3n) is 5.89. The van der Waals surface area contributed by atoms with Crippen molar-refractivity contribution in [1.29, 1.82) is 0 Å². The molecule has 34 heavy (non-hydrogen) atoms. The van der Waals surface area contributed by atoms with Crippen LogP contribution in [0.4, 0.5) is 0 Å². The second kappa shape index (κ2) is 8.52. The summed E-state index contributed by atoms with van der Waals surface area (Å²) in [6.07, 6.45) is 0. The molecule has 4 aromatic carbocycles. The quantitative estimate of drug-likeness (QED) is 0.327. The number of nitrogens with zero attached hydrogens (tertiary/aromatic N) is 1. The number of halogens is 2. The lowest BCUT2D eigenvalue weighted by molar-refractivity contribution is 0.0992. The van der Waals surface area contributed by atoms with Gasteiger partial charge in [-0.05, 0) is 65.7 Å². The van der Waals surface area contributed by atoms with E-state index in [1.807, 2.05) is 30.3 Å². The number of nitrogens with two attached hydrogens (primary N) is 2. The van der Waals surface area contributed by atoms with Gasteiger partial charge in [-0.25, -0.2) is 0 Å². The first-order valence-electron chi connectivity index (χ1n) is 10.4.